The van der Waals surface area contributed by atoms with E-state index in [9.17, 15) is 4.79 Å². The van der Waals surface area contributed by atoms with Crippen LogP contribution in [0.2, 0.25) is 0 Å². The van der Waals surface area contributed by atoms with Crippen LogP contribution in [0.3, 0.4) is 0 Å². The molecule has 1 N–H and O–H groups in total. The van der Waals surface area contributed by atoms with Gasteiger partial charge in [0.05, 0.1) is 30.4 Å². The van der Waals surface area contributed by atoms with Crippen LogP contribution in [0.4, 0.5) is 10.5 Å². The summed E-state index contributed by atoms with van der Waals surface area (Å²) >= 11 is 0. The monoisotopic (exact) mass is 342 g/mol. The Hall–Kier alpha value is -2.26. The summed E-state index contributed by atoms with van der Waals surface area (Å²) in [5, 5.41) is 12.1. The molecule has 0 spiro atoms. The van der Waals surface area contributed by atoms with E-state index in [0.717, 1.165) is 31.6 Å². The maximum atomic E-state index is 12.6. The predicted molar refractivity (Wildman–Crippen MR) is 96.5 cm³/mol. The highest BCUT2D eigenvalue weighted by atomic mass is 16.5. The van der Waals surface area contributed by atoms with Crippen LogP contribution in [0.1, 0.15) is 32.3 Å². The van der Waals surface area contributed by atoms with Gasteiger partial charge in [-0.15, -0.1) is 0 Å². The highest BCUT2D eigenvalue weighted by Gasteiger charge is 2.30. The number of amides is 2. The highest BCUT2D eigenvalue weighted by molar-refractivity contribution is 5.75. The molecule has 0 saturated carbocycles. The van der Waals surface area contributed by atoms with Gasteiger partial charge in [-0.1, -0.05) is 0 Å². The van der Waals surface area contributed by atoms with Crippen molar-refractivity contribution in [1.29, 1.82) is 5.26 Å². The number of urea groups is 1. The van der Waals surface area contributed by atoms with Gasteiger partial charge in [-0.25, -0.2) is 4.79 Å². The first-order valence-electron chi connectivity index (χ1n) is 9.02. The van der Waals surface area contributed by atoms with Crippen molar-refractivity contribution in [2.75, 3.05) is 31.1 Å². The number of benzene rings is 1. The van der Waals surface area contributed by atoms with E-state index in [1.807, 2.05) is 43.0 Å². The molecule has 2 saturated heterocycles. The van der Waals surface area contributed by atoms with Crippen molar-refractivity contribution in [2.24, 2.45) is 0 Å². The van der Waals surface area contributed by atoms with Crippen LogP contribution in [-0.2, 0) is 4.74 Å². The maximum absolute atomic E-state index is 12.6. The molecule has 2 fully saturated rings. The molecule has 0 bridgehead atoms. The van der Waals surface area contributed by atoms with Gasteiger partial charge in [-0.2, -0.15) is 5.26 Å². The Morgan fingerprint density at radius 1 is 1.20 bits per heavy atom. The lowest BCUT2D eigenvalue weighted by molar-refractivity contribution is -0.0380. The van der Waals surface area contributed by atoms with Crippen LogP contribution in [0.25, 0.3) is 0 Å². The fraction of sp³-hybridized carbons (Fsp3) is 0.579. The van der Waals surface area contributed by atoms with Crippen LogP contribution in [-0.4, -0.2) is 55.4 Å². The molecule has 2 aliphatic rings. The summed E-state index contributed by atoms with van der Waals surface area (Å²) < 4.78 is 5.59. The minimum Gasteiger partial charge on any atom is -0.375 e. The molecule has 6 nitrogen and oxygen atoms in total. The molecule has 1 aromatic carbocycles. The van der Waals surface area contributed by atoms with Gasteiger partial charge in [0.1, 0.15) is 0 Å². The van der Waals surface area contributed by atoms with E-state index in [1.54, 1.807) is 0 Å². The second-order valence-electron chi connectivity index (χ2n) is 6.88. The van der Waals surface area contributed by atoms with E-state index in [0.29, 0.717) is 18.7 Å². The first-order chi connectivity index (χ1) is 12.1. The maximum Gasteiger partial charge on any atom is 0.318 e. The lowest BCUT2D eigenvalue weighted by atomic mass is 10.0. The third-order valence-corrected chi connectivity index (χ3v) is 5.33. The van der Waals surface area contributed by atoms with E-state index in [1.165, 1.54) is 0 Å². The zero-order valence-corrected chi connectivity index (χ0v) is 14.9. The van der Waals surface area contributed by atoms with Gasteiger partial charge in [0.25, 0.3) is 0 Å². The summed E-state index contributed by atoms with van der Waals surface area (Å²) in [4.78, 5) is 16.8. The van der Waals surface area contributed by atoms with E-state index in [-0.39, 0.29) is 24.2 Å². The summed E-state index contributed by atoms with van der Waals surface area (Å²) in [7, 11) is 0. The number of nitrogens with zero attached hydrogens (tertiary/aromatic N) is 3. The number of carbonyl (C=O) groups is 1. The van der Waals surface area contributed by atoms with Gasteiger partial charge in [-0.05, 0) is 51.0 Å². The molecule has 2 aliphatic heterocycles. The number of piperidine rings is 1. The van der Waals surface area contributed by atoms with Crippen molar-refractivity contribution in [1.82, 2.24) is 10.2 Å². The van der Waals surface area contributed by atoms with Crippen molar-refractivity contribution in [3.8, 4) is 6.07 Å². The van der Waals surface area contributed by atoms with Crippen molar-refractivity contribution in [3.63, 3.8) is 0 Å². The van der Waals surface area contributed by atoms with Crippen molar-refractivity contribution in [3.05, 3.63) is 29.8 Å². The molecule has 0 radical (unpaired) electrons. The Bertz CT molecular complexity index is 632. The minimum atomic E-state index is 0.0273. The van der Waals surface area contributed by atoms with Crippen molar-refractivity contribution >= 4 is 11.7 Å². The standard InChI is InChI=1S/C19H26N4O2/c1-14-15(2)25-12-11-23(14)19(24)21-17-7-9-22(10-8-17)18-5-3-16(13-20)4-6-18/h3-6,14-15,17H,7-12H2,1-2H3,(H,21,24). The largest absolute Gasteiger partial charge is 0.375 e. The van der Waals surface area contributed by atoms with Crippen LogP contribution >= 0.6 is 0 Å². The Kier molecular flexibility index (Phi) is 5.44. The smallest absolute Gasteiger partial charge is 0.318 e. The molecule has 2 amide bonds. The Labute approximate surface area is 149 Å². The number of nitrogens with one attached hydrogen (secondary N) is 1. The molecular weight excluding hydrogens is 316 g/mol. The number of anilines is 1. The second kappa shape index (κ2) is 7.75. The molecule has 3 rings (SSSR count). The molecule has 1 aromatic rings. The third-order valence-electron chi connectivity index (χ3n) is 5.33. The van der Waals surface area contributed by atoms with Crippen LogP contribution in [0.15, 0.2) is 24.3 Å². The quantitative estimate of drug-likeness (QED) is 0.896. The Balaban J connectivity index is 1.50. The molecule has 0 aromatic heterocycles. The number of hydrogen-bond donors (Lipinski definition) is 1. The molecule has 25 heavy (non-hydrogen) atoms. The number of hydrogen-bond acceptors (Lipinski definition) is 4. The average molecular weight is 342 g/mol. The lowest BCUT2D eigenvalue weighted by Gasteiger charge is -2.40. The minimum absolute atomic E-state index is 0.0273. The topological polar surface area (TPSA) is 68.6 Å². The number of carbonyl (C=O) groups excluding carboxylic acids is 1. The van der Waals surface area contributed by atoms with Crippen molar-refractivity contribution in [2.45, 2.75) is 44.9 Å². The van der Waals surface area contributed by atoms with E-state index in [4.69, 9.17) is 10.00 Å². The fourth-order valence-electron chi connectivity index (χ4n) is 3.51. The highest BCUT2D eigenvalue weighted by Crippen LogP contribution is 2.21. The zero-order valence-electron chi connectivity index (χ0n) is 14.9. The second-order valence-corrected chi connectivity index (χ2v) is 6.88. The van der Waals surface area contributed by atoms with Crippen LogP contribution < -0.4 is 10.2 Å². The molecule has 0 aliphatic carbocycles. The summed E-state index contributed by atoms with van der Waals surface area (Å²) in [6.45, 7) is 7.13. The normalized spacial score (nSPS) is 24.7. The summed E-state index contributed by atoms with van der Waals surface area (Å²) in [5.74, 6) is 0. The van der Waals surface area contributed by atoms with Gasteiger partial charge >= 0.3 is 6.03 Å². The fourth-order valence-corrected chi connectivity index (χ4v) is 3.51. The molecule has 2 heterocycles. The van der Waals surface area contributed by atoms with Gasteiger partial charge in [-0.3, -0.25) is 0 Å². The Morgan fingerprint density at radius 2 is 1.88 bits per heavy atom. The molecule has 134 valence electrons. The summed E-state index contributed by atoms with van der Waals surface area (Å²) in [5.41, 5.74) is 1.82. The van der Waals surface area contributed by atoms with Gasteiger partial charge in [0, 0.05) is 31.4 Å². The molecule has 6 heteroatoms. The zero-order chi connectivity index (χ0) is 17.8. The van der Waals surface area contributed by atoms with Gasteiger partial charge in [0.15, 0.2) is 0 Å². The van der Waals surface area contributed by atoms with Crippen LogP contribution in [0.5, 0.6) is 0 Å². The molecule has 2 unspecified atom stereocenters. The van der Waals surface area contributed by atoms with E-state index < -0.39 is 0 Å². The third kappa shape index (κ3) is 4.05. The van der Waals surface area contributed by atoms with Gasteiger partial charge in [0.2, 0.25) is 0 Å². The summed E-state index contributed by atoms with van der Waals surface area (Å²) in [6.07, 6.45) is 1.94. The van der Waals surface area contributed by atoms with Gasteiger partial charge < -0.3 is 19.9 Å². The molecule has 2 atom stereocenters. The Morgan fingerprint density at radius 3 is 2.52 bits per heavy atom. The molecular formula is C19H26N4O2. The first-order valence-corrected chi connectivity index (χ1v) is 9.02. The van der Waals surface area contributed by atoms with E-state index in [2.05, 4.69) is 16.3 Å². The SMILES string of the molecule is CC1OCCN(C(=O)NC2CCN(c3ccc(C#N)cc3)CC2)C1C. The lowest BCUT2D eigenvalue weighted by Crippen LogP contribution is -2.57. The number of ether oxygens (including phenoxy) is 1. The number of rotatable bonds is 2. The first kappa shape index (κ1) is 17.6. The van der Waals surface area contributed by atoms with E-state index >= 15 is 0 Å². The van der Waals surface area contributed by atoms with Crippen molar-refractivity contribution < 1.29 is 9.53 Å². The number of nitriles is 1. The average Bonchev–Trinajstić information content (AvgIpc) is 2.64. The predicted octanol–water partition coefficient (Wildman–Crippen LogP) is 2.35. The van der Waals surface area contributed by atoms with Crippen LogP contribution in [0, 0.1) is 11.3 Å². The number of morpholine rings is 1. The summed E-state index contributed by atoms with van der Waals surface area (Å²) in [6, 6.07) is 10.2.